The fourth-order valence-corrected chi connectivity index (χ4v) is 2.11. The van der Waals surface area contributed by atoms with Gasteiger partial charge in [-0.15, -0.1) is 0 Å². The van der Waals surface area contributed by atoms with E-state index in [0.29, 0.717) is 5.75 Å². The summed E-state index contributed by atoms with van der Waals surface area (Å²) in [6, 6.07) is 6.50. The lowest BCUT2D eigenvalue weighted by Gasteiger charge is -2.21. The van der Waals surface area contributed by atoms with E-state index in [2.05, 4.69) is 15.5 Å². The molecule has 2 rings (SSSR count). The molecule has 2 unspecified atom stereocenters. The highest BCUT2D eigenvalue weighted by Gasteiger charge is 2.16. The molecule has 0 amide bonds. The van der Waals surface area contributed by atoms with Crippen molar-refractivity contribution in [3.8, 4) is 5.75 Å². The molecule has 0 radical (unpaired) electrons. The van der Waals surface area contributed by atoms with E-state index in [1.54, 1.807) is 19.4 Å². The lowest BCUT2D eigenvalue weighted by molar-refractivity contribution is 0.394. The van der Waals surface area contributed by atoms with Gasteiger partial charge >= 0.3 is 0 Å². The molecule has 0 bridgehead atoms. The number of ether oxygens (including phenoxy) is 1. The zero-order valence-corrected chi connectivity index (χ0v) is 11.3. The summed E-state index contributed by atoms with van der Waals surface area (Å²) in [4.78, 5) is 0. The Kier molecular flexibility index (Phi) is 4.16. The highest BCUT2D eigenvalue weighted by atomic mass is 19.1. The summed E-state index contributed by atoms with van der Waals surface area (Å²) in [5, 5.41) is 10.2. The maximum atomic E-state index is 13.4. The molecule has 2 atom stereocenters. The van der Waals surface area contributed by atoms with E-state index in [1.165, 1.54) is 12.1 Å². The number of aromatic amines is 1. The summed E-state index contributed by atoms with van der Waals surface area (Å²) in [7, 11) is 1.59. The number of H-pyrrole nitrogens is 1. The van der Waals surface area contributed by atoms with Crippen LogP contribution in [-0.2, 0) is 0 Å². The third-order valence-electron chi connectivity index (χ3n) is 3.15. The molecule has 1 heterocycles. The van der Waals surface area contributed by atoms with Crippen molar-refractivity contribution in [2.24, 2.45) is 0 Å². The fraction of sp³-hybridized carbons (Fsp3) is 0.357. The Morgan fingerprint density at radius 3 is 2.68 bits per heavy atom. The number of hydrogen-bond acceptors (Lipinski definition) is 3. The third-order valence-corrected chi connectivity index (χ3v) is 3.15. The van der Waals surface area contributed by atoms with Gasteiger partial charge in [-0.3, -0.25) is 5.10 Å². The summed E-state index contributed by atoms with van der Waals surface area (Å²) in [6.45, 7) is 4.00. The van der Waals surface area contributed by atoms with Crippen LogP contribution in [0.4, 0.5) is 4.39 Å². The van der Waals surface area contributed by atoms with Crippen LogP contribution in [0.25, 0.3) is 0 Å². The van der Waals surface area contributed by atoms with Crippen LogP contribution in [0.5, 0.6) is 5.75 Å². The van der Waals surface area contributed by atoms with Gasteiger partial charge in [0, 0.05) is 23.8 Å². The first-order valence-electron chi connectivity index (χ1n) is 6.20. The summed E-state index contributed by atoms with van der Waals surface area (Å²) in [5.41, 5.74) is 1.79. The van der Waals surface area contributed by atoms with E-state index >= 15 is 0 Å². The molecule has 5 heteroatoms. The van der Waals surface area contributed by atoms with E-state index in [9.17, 15) is 4.39 Å². The van der Waals surface area contributed by atoms with Crippen LogP contribution < -0.4 is 10.1 Å². The van der Waals surface area contributed by atoms with E-state index in [4.69, 9.17) is 4.74 Å². The minimum atomic E-state index is -0.265. The van der Waals surface area contributed by atoms with Crippen LogP contribution in [0, 0.1) is 5.82 Å². The predicted octanol–water partition coefficient (Wildman–Crippen LogP) is 2.97. The van der Waals surface area contributed by atoms with Gasteiger partial charge in [0.15, 0.2) is 0 Å². The minimum absolute atomic E-state index is 0.0380. The summed E-state index contributed by atoms with van der Waals surface area (Å²) in [6.07, 6.45) is 1.71. The van der Waals surface area contributed by atoms with E-state index < -0.39 is 0 Å². The van der Waals surface area contributed by atoms with Gasteiger partial charge in [-0.2, -0.15) is 5.10 Å². The molecule has 0 spiro atoms. The first-order chi connectivity index (χ1) is 9.11. The van der Waals surface area contributed by atoms with Gasteiger partial charge in [0.05, 0.1) is 12.8 Å². The maximum absolute atomic E-state index is 13.4. The van der Waals surface area contributed by atoms with Crippen molar-refractivity contribution in [2.75, 3.05) is 7.11 Å². The Bertz CT molecular complexity index is 527. The normalized spacial score (nSPS) is 14.1. The van der Waals surface area contributed by atoms with E-state index in [-0.39, 0.29) is 17.9 Å². The van der Waals surface area contributed by atoms with Crippen molar-refractivity contribution in [3.63, 3.8) is 0 Å². The topological polar surface area (TPSA) is 49.9 Å². The molecular weight excluding hydrogens is 245 g/mol. The molecule has 19 heavy (non-hydrogen) atoms. The standard InChI is InChI=1S/C14H18FN3O/c1-9(17-10(2)13-6-7-16-18-13)12-8-11(15)4-5-14(12)19-3/h4-10,17H,1-3H3,(H,16,18). The molecule has 102 valence electrons. The van der Waals surface area contributed by atoms with Crippen molar-refractivity contribution in [3.05, 3.63) is 47.5 Å². The highest BCUT2D eigenvalue weighted by molar-refractivity contribution is 5.36. The van der Waals surface area contributed by atoms with Crippen LogP contribution >= 0.6 is 0 Å². The van der Waals surface area contributed by atoms with E-state index in [0.717, 1.165) is 11.3 Å². The average molecular weight is 263 g/mol. The molecule has 2 N–H and O–H groups in total. The first-order valence-corrected chi connectivity index (χ1v) is 6.20. The number of benzene rings is 1. The van der Waals surface area contributed by atoms with Gasteiger partial charge in [-0.05, 0) is 38.1 Å². The molecule has 0 saturated heterocycles. The summed E-state index contributed by atoms with van der Waals surface area (Å²) >= 11 is 0. The van der Waals surface area contributed by atoms with Crippen LogP contribution in [0.2, 0.25) is 0 Å². The Morgan fingerprint density at radius 2 is 2.05 bits per heavy atom. The smallest absolute Gasteiger partial charge is 0.123 e. The quantitative estimate of drug-likeness (QED) is 0.872. The van der Waals surface area contributed by atoms with E-state index in [1.807, 2.05) is 19.9 Å². The second kappa shape index (κ2) is 5.84. The second-order valence-corrected chi connectivity index (χ2v) is 4.51. The van der Waals surface area contributed by atoms with Crippen molar-refractivity contribution in [1.29, 1.82) is 0 Å². The number of nitrogens with zero attached hydrogens (tertiary/aromatic N) is 1. The number of methoxy groups -OCH3 is 1. The third kappa shape index (κ3) is 3.12. The molecular formula is C14H18FN3O. The van der Waals surface area contributed by atoms with Gasteiger partial charge in [0.2, 0.25) is 0 Å². The number of rotatable bonds is 5. The number of aromatic nitrogens is 2. The van der Waals surface area contributed by atoms with Crippen LogP contribution in [0.1, 0.15) is 37.2 Å². The molecule has 0 fully saturated rings. The number of hydrogen-bond donors (Lipinski definition) is 2. The van der Waals surface area contributed by atoms with Crippen molar-refractivity contribution in [1.82, 2.24) is 15.5 Å². The Morgan fingerprint density at radius 1 is 1.26 bits per heavy atom. The SMILES string of the molecule is COc1ccc(F)cc1C(C)NC(C)c1ccn[nH]1. The van der Waals surface area contributed by atoms with Gasteiger partial charge in [-0.25, -0.2) is 4.39 Å². The lowest BCUT2D eigenvalue weighted by Crippen LogP contribution is -2.23. The Labute approximate surface area is 112 Å². The molecule has 0 aliphatic heterocycles. The molecule has 0 aliphatic carbocycles. The number of halogens is 1. The second-order valence-electron chi connectivity index (χ2n) is 4.51. The van der Waals surface area contributed by atoms with Crippen molar-refractivity contribution >= 4 is 0 Å². The average Bonchev–Trinajstić information content (AvgIpc) is 2.92. The van der Waals surface area contributed by atoms with Crippen LogP contribution in [0.15, 0.2) is 30.5 Å². The molecule has 2 aromatic rings. The van der Waals surface area contributed by atoms with Gasteiger partial charge in [0.1, 0.15) is 11.6 Å². The van der Waals surface area contributed by atoms with Gasteiger partial charge in [-0.1, -0.05) is 0 Å². The number of nitrogens with one attached hydrogen (secondary N) is 2. The molecule has 0 aliphatic rings. The Hall–Kier alpha value is -1.88. The zero-order chi connectivity index (χ0) is 13.8. The first kappa shape index (κ1) is 13.5. The maximum Gasteiger partial charge on any atom is 0.123 e. The van der Waals surface area contributed by atoms with Crippen LogP contribution in [0.3, 0.4) is 0 Å². The molecule has 0 saturated carbocycles. The van der Waals surface area contributed by atoms with Crippen molar-refractivity contribution in [2.45, 2.75) is 25.9 Å². The van der Waals surface area contributed by atoms with Gasteiger partial charge < -0.3 is 10.1 Å². The highest BCUT2D eigenvalue weighted by Crippen LogP contribution is 2.27. The largest absolute Gasteiger partial charge is 0.496 e. The molecule has 1 aromatic carbocycles. The lowest BCUT2D eigenvalue weighted by atomic mass is 10.1. The zero-order valence-electron chi connectivity index (χ0n) is 11.3. The summed E-state index contributed by atoms with van der Waals surface area (Å²) < 4.78 is 18.6. The summed E-state index contributed by atoms with van der Waals surface area (Å²) in [5.74, 6) is 0.414. The predicted molar refractivity (Wildman–Crippen MR) is 71.5 cm³/mol. The Balaban J connectivity index is 2.15. The van der Waals surface area contributed by atoms with Crippen LogP contribution in [-0.4, -0.2) is 17.3 Å². The fourth-order valence-electron chi connectivity index (χ4n) is 2.11. The molecule has 4 nitrogen and oxygen atoms in total. The molecule has 1 aromatic heterocycles. The monoisotopic (exact) mass is 263 g/mol. The minimum Gasteiger partial charge on any atom is -0.496 e. The van der Waals surface area contributed by atoms with Gasteiger partial charge in [0.25, 0.3) is 0 Å². The van der Waals surface area contributed by atoms with Crippen molar-refractivity contribution < 1.29 is 9.13 Å².